The van der Waals surface area contributed by atoms with E-state index in [2.05, 4.69) is 15.4 Å². The van der Waals surface area contributed by atoms with Crippen LogP contribution in [-0.2, 0) is 18.1 Å². The highest BCUT2D eigenvalue weighted by molar-refractivity contribution is 6.30. The molecule has 0 spiro atoms. The summed E-state index contributed by atoms with van der Waals surface area (Å²) in [7, 11) is 3.19. The van der Waals surface area contributed by atoms with Gasteiger partial charge in [0.15, 0.2) is 18.1 Å². The smallest absolute Gasteiger partial charge is 0.257 e. The summed E-state index contributed by atoms with van der Waals surface area (Å²) in [6.45, 7) is 0.436. The first-order valence-corrected chi connectivity index (χ1v) is 10.7. The second-order valence-electron chi connectivity index (χ2n) is 7.06. The SMILES string of the molecule is COc1ccc(-c2nnc(CO/N=C/c3ccc(OCc4ccc(Cl)cc4)c(OC)c3)o2)cc1. The van der Waals surface area contributed by atoms with Crippen LogP contribution >= 0.6 is 11.6 Å². The number of hydrogen-bond donors (Lipinski definition) is 0. The maximum Gasteiger partial charge on any atom is 0.257 e. The molecule has 0 N–H and O–H groups in total. The minimum absolute atomic E-state index is 0.0408. The molecule has 3 aromatic carbocycles. The second-order valence-corrected chi connectivity index (χ2v) is 7.50. The molecule has 0 aliphatic carbocycles. The van der Waals surface area contributed by atoms with Gasteiger partial charge in [-0.1, -0.05) is 28.9 Å². The third kappa shape index (κ3) is 6.05. The van der Waals surface area contributed by atoms with Gasteiger partial charge in [-0.05, 0) is 60.2 Å². The van der Waals surface area contributed by atoms with Crippen molar-refractivity contribution in [1.29, 1.82) is 0 Å². The number of benzene rings is 3. The zero-order valence-corrected chi connectivity index (χ0v) is 19.4. The van der Waals surface area contributed by atoms with E-state index in [4.69, 9.17) is 35.1 Å². The fourth-order valence-corrected chi connectivity index (χ4v) is 3.10. The summed E-state index contributed by atoms with van der Waals surface area (Å²) in [5, 5.41) is 12.7. The lowest BCUT2D eigenvalue weighted by molar-refractivity contribution is 0.112. The number of aromatic nitrogens is 2. The van der Waals surface area contributed by atoms with E-state index < -0.39 is 0 Å². The van der Waals surface area contributed by atoms with Crippen molar-refractivity contribution in [2.75, 3.05) is 14.2 Å². The van der Waals surface area contributed by atoms with Crippen LogP contribution in [0.15, 0.2) is 76.3 Å². The molecule has 4 rings (SSSR count). The fourth-order valence-electron chi connectivity index (χ4n) is 2.98. The van der Waals surface area contributed by atoms with Crippen LogP contribution in [0, 0.1) is 0 Å². The van der Waals surface area contributed by atoms with Gasteiger partial charge in [0.05, 0.1) is 20.4 Å². The van der Waals surface area contributed by atoms with Crippen molar-refractivity contribution in [2.45, 2.75) is 13.2 Å². The minimum Gasteiger partial charge on any atom is -0.497 e. The van der Waals surface area contributed by atoms with Crippen molar-refractivity contribution in [3.8, 4) is 28.7 Å². The second kappa shape index (κ2) is 11.2. The van der Waals surface area contributed by atoms with Crippen molar-refractivity contribution >= 4 is 17.8 Å². The van der Waals surface area contributed by atoms with Gasteiger partial charge in [-0.15, -0.1) is 10.2 Å². The van der Waals surface area contributed by atoms with Gasteiger partial charge >= 0.3 is 0 Å². The maximum atomic E-state index is 5.92. The number of oxime groups is 1. The Kier molecular flexibility index (Phi) is 7.62. The summed E-state index contributed by atoms with van der Waals surface area (Å²) in [5.74, 6) is 2.65. The van der Waals surface area contributed by atoms with E-state index in [0.717, 1.165) is 22.4 Å². The van der Waals surface area contributed by atoms with Crippen molar-refractivity contribution in [3.63, 3.8) is 0 Å². The Bertz CT molecular complexity index is 1240. The number of ether oxygens (including phenoxy) is 3. The third-order valence-electron chi connectivity index (χ3n) is 4.76. The lowest BCUT2D eigenvalue weighted by atomic mass is 10.2. The fraction of sp³-hybridized carbons (Fsp3) is 0.160. The Labute approximate surface area is 201 Å². The molecule has 1 aromatic heterocycles. The molecule has 0 atom stereocenters. The molecular weight excluding hydrogens is 458 g/mol. The normalized spacial score (nSPS) is 10.9. The number of hydrogen-bond acceptors (Lipinski definition) is 8. The van der Waals surface area contributed by atoms with Gasteiger partial charge in [-0.25, -0.2) is 0 Å². The highest BCUT2D eigenvalue weighted by atomic mass is 35.5. The van der Waals surface area contributed by atoms with Gasteiger partial charge in [0.1, 0.15) is 12.4 Å². The van der Waals surface area contributed by atoms with Crippen LogP contribution in [0.4, 0.5) is 0 Å². The molecule has 0 aliphatic heterocycles. The molecule has 34 heavy (non-hydrogen) atoms. The van der Waals surface area contributed by atoms with Crippen molar-refractivity contribution in [1.82, 2.24) is 10.2 Å². The van der Waals surface area contributed by atoms with Gasteiger partial charge < -0.3 is 23.5 Å². The van der Waals surface area contributed by atoms with Crippen LogP contribution < -0.4 is 14.2 Å². The van der Waals surface area contributed by atoms with Crippen LogP contribution in [0.25, 0.3) is 11.5 Å². The number of rotatable bonds is 10. The molecule has 4 aromatic rings. The highest BCUT2D eigenvalue weighted by Gasteiger charge is 2.09. The first-order valence-electron chi connectivity index (χ1n) is 10.3. The Morgan fingerprint density at radius 1 is 0.882 bits per heavy atom. The van der Waals surface area contributed by atoms with Crippen LogP contribution in [0.1, 0.15) is 17.0 Å². The van der Waals surface area contributed by atoms with Gasteiger partial charge in [-0.3, -0.25) is 0 Å². The van der Waals surface area contributed by atoms with Crippen LogP contribution in [-0.4, -0.2) is 30.6 Å². The summed E-state index contributed by atoms with van der Waals surface area (Å²) < 4.78 is 22.1. The molecule has 0 saturated heterocycles. The largest absolute Gasteiger partial charge is 0.497 e. The molecule has 9 heteroatoms. The first-order chi connectivity index (χ1) is 16.6. The summed E-state index contributed by atoms with van der Waals surface area (Å²) in [6, 6.07) is 20.3. The van der Waals surface area contributed by atoms with Crippen LogP contribution in [0.3, 0.4) is 0 Å². The van der Waals surface area contributed by atoms with E-state index in [-0.39, 0.29) is 6.61 Å². The van der Waals surface area contributed by atoms with Crippen molar-refractivity contribution in [2.24, 2.45) is 5.16 Å². The molecule has 0 bridgehead atoms. The first kappa shape index (κ1) is 23.1. The van der Waals surface area contributed by atoms with Gasteiger partial charge in [0.2, 0.25) is 5.89 Å². The highest BCUT2D eigenvalue weighted by Crippen LogP contribution is 2.28. The molecule has 0 saturated carbocycles. The monoisotopic (exact) mass is 479 g/mol. The maximum absolute atomic E-state index is 5.92. The minimum atomic E-state index is 0.0408. The third-order valence-corrected chi connectivity index (χ3v) is 5.02. The lowest BCUT2D eigenvalue weighted by Gasteiger charge is -2.11. The van der Waals surface area contributed by atoms with Crippen molar-refractivity contribution in [3.05, 3.63) is 88.8 Å². The van der Waals surface area contributed by atoms with E-state index in [1.165, 1.54) is 0 Å². The van der Waals surface area contributed by atoms with E-state index in [9.17, 15) is 0 Å². The van der Waals surface area contributed by atoms with Gasteiger partial charge in [0, 0.05) is 16.1 Å². The molecule has 8 nitrogen and oxygen atoms in total. The number of halogens is 1. The molecule has 0 unspecified atom stereocenters. The van der Waals surface area contributed by atoms with E-state index in [1.807, 2.05) is 60.7 Å². The molecule has 0 amide bonds. The Hall–Kier alpha value is -4.04. The molecule has 0 aliphatic rings. The summed E-state index contributed by atoms with van der Waals surface area (Å²) in [6.07, 6.45) is 1.56. The topological polar surface area (TPSA) is 88.2 Å². The van der Waals surface area contributed by atoms with E-state index in [1.54, 1.807) is 26.5 Å². The molecule has 174 valence electrons. The van der Waals surface area contributed by atoms with Crippen LogP contribution in [0.2, 0.25) is 5.02 Å². The standard InChI is InChI=1S/C25H22ClN3O5/c1-30-21-10-6-19(7-11-21)25-29-28-24(34-25)16-33-27-14-18-5-12-22(23(13-18)31-2)32-15-17-3-8-20(26)9-4-17/h3-14H,15-16H2,1-2H3/b27-14+. The predicted molar refractivity (Wildman–Crippen MR) is 127 cm³/mol. The van der Waals surface area contributed by atoms with Crippen molar-refractivity contribution < 1.29 is 23.5 Å². The molecular formula is C25H22ClN3O5. The van der Waals surface area contributed by atoms with E-state index in [0.29, 0.717) is 34.9 Å². The average molecular weight is 480 g/mol. The van der Waals surface area contributed by atoms with Gasteiger partial charge in [-0.2, -0.15) is 0 Å². The number of nitrogens with zero attached hydrogens (tertiary/aromatic N) is 3. The van der Waals surface area contributed by atoms with E-state index >= 15 is 0 Å². The van der Waals surface area contributed by atoms with Gasteiger partial charge in [0.25, 0.3) is 5.89 Å². The molecule has 0 fully saturated rings. The summed E-state index contributed by atoms with van der Waals surface area (Å²) >= 11 is 5.92. The Morgan fingerprint density at radius 2 is 1.68 bits per heavy atom. The summed E-state index contributed by atoms with van der Waals surface area (Å²) in [4.78, 5) is 5.30. The quantitative estimate of drug-likeness (QED) is 0.218. The predicted octanol–water partition coefficient (Wildman–Crippen LogP) is 5.54. The molecule has 1 heterocycles. The average Bonchev–Trinajstić information content (AvgIpc) is 3.35. The lowest BCUT2D eigenvalue weighted by Crippen LogP contribution is -1.98. The molecule has 0 radical (unpaired) electrons. The Balaban J connectivity index is 1.31. The zero-order valence-electron chi connectivity index (χ0n) is 18.6. The van der Waals surface area contributed by atoms with Crippen LogP contribution in [0.5, 0.6) is 17.2 Å². The Morgan fingerprint density at radius 3 is 2.41 bits per heavy atom. The zero-order chi connectivity index (χ0) is 23.8. The summed E-state index contributed by atoms with van der Waals surface area (Å²) in [5.41, 5.74) is 2.57. The number of methoxy groups -OCH3 is 2.